The van der Waals surface area contributed by atoms with Gasteiger partial charge < -0.3 is 19.7 Å². The summed E-state index contributed by atoms with van der Waals surface area (Å²) in [4.78, 5) is 27.1. The van der Waals surface area contributed by atoms with Gasteiger partial charge in [-0.25, -0.2) is 0 Å². The first-order chi connectivity index (χ1) is 14.3. The van der Waals surface area contributed by atoms with Gasteiger partial charge in [-0.15, -0.1) is 0 Å². The van der Waals surface area contributed by atoms with E-state index in [2.05, 4.69) is 21.2 Å². The highest BCUT2D eigenvalue weighted by molar-refractivity contribution is 9.10. The third-order valence-corrected chi connectivity index (χ3v) is 5.07. The number of carbonyl (C=O) groups is 2. The Morgan fingerprint density at radius 1 is 1.00 bits per heavy atom. The molecular weight excluding hydrogens is 448 g/mol. The summed E-state index contributed by atoms with van der Waals surface area (Å²) in [6.07, 6.45) is 0. The second kappa shape index (κ2) is 11.6. The van der Waals surface area contributed by atoms with Crippen LogP contribution < -0.4 is 14.8 Å². The quantitative estimate of drug-likeness (QED) is 0.561. The van der Waals surface area contributed by atoms with Gasteiger partial charge >= 0.3 is 0 Å². The van der Waals surface area contributed by atoms with E-state index in [9.17, 15) is 9.59 Å². The Hall–Kier alpha value is -2.54. The van der Waals surface area contributed by atoms with Crippen molar-refractivity contribution in [2.75, 3.05) is 20.3 Å². The average Bonchev–Trinajstić information content (AvgIpc) is 2.75. The lowest BCUT2D eigenvalue weighted by atomic mass is 10.1. The number of amides is 2. The fourth-order valence-electron chi connectivity index (χ4n) is 2.72. The van der Waals surface area contributed by atoms with E-state index < -0.39 is 6.04 Å². The minimum atomic E-state index is -0.633. The largest absolute Gasteiger partial charge is 0.497 e. The molecule has 2 aromatic carbocycles. The fraction of sp³-hybridized carbons (Fsp3) is 0.391. The zero-order valence-electron chi connectivity index (χ0n) is 17.9. The summed E-state index contributed by atoms with van der Waals surface area (Å²) < 4.78 is 11.8. The van der Waals surface area contributed by atoms with Crippen LogP contribution in [0.25, 0.3) is 0 Å². The predicted octanol–water partition coefficient (Wildman–Crippen LogP) is 4.03. The molecule has 0 aliphatic carbocycles. The van der Waals surface area contributed by atoms with Crippen LogP contribution in [0.4, 0.5) is 0 Å². The van der Waals surface area contributed by atoms with Crippen LogP contribution in [0.3, 0.4) is 0 Å². The van der Waals surface area contributed by atoms with Gasteiger partial charge in [-0.1, -0.05) is 41.9 Å². The minimum Gasteiger partial charge on any atom is -0.497 e. The summed E-state index contributed by atoms with van der Waals surface area (Å²) in [6, 6.07) is 14.1. The van der Waals surface area contributed by atoms with E-state index >= 15 is 0 Å². The maximum absolute atomic E-state index is 13.0. The van der Waals surface area contributed by atoms with E-state index in [0.29, 0.717) is 24.8 Å². The Labute approximate surface area is 186 Å². The SMILES string of the molecule is COc1ccc(CN(C(=O)COc2ccc(Br)cc2)C(C)C(=O)NCC(C)C)cc1. The Morgan fingerprint density at radius 3 is 2.17 bits per heavy atom. The number of nitrogens with zero attached hydrogens (tertiary/aromatic N) is 1. The number of ether oxygens (including phenoxy) is 2. The highest BCUT2D eigenvalue weighted by Crippen LogP contribution is 2.18. The zero-order valence-corrected chi connectivity index (χ0v) is 19.4. The van der Waals surface area contributed by atoms with Gasteiger partial charge in [-0.3, -0.25) is 9.59 Å². The van der Waals surface area contributed by atoms with Crippen LogP contribution in [0.1, 0.15) is 26.3 Å². The fourth-order valence-corrected chi connectivity index (χ4v) is 2.99. The first-order valence-electron chi connectivity index (χ1n) is 9.88. The molecule has 2 rings (SSSR count). The van der Waals surface area contributed by atoms with Crippen LogP contribution in [0.5, 0.6) is 11.5 Å². The van der Waals surface area contributed by atoms with Gasteiger partial charge in [0.05, 0.1) is 7.11 Å². The number of carbonyl (C=O) groups excluding carboxylic acids is 2. The van der Waals surface area contributed by atoms with Gasteiger partial charge in [0.2, 0.25) is 5.91 Å². The average molecular weight is 477 g/mol. The highest BCUT2D eigenvalue weighted by Gasteiger charge is 2.26. The second-order valence-electron chi connectivity index (χ2n) is 7.43. The van der Waals surface area contributed by atoms with Crippen molar-refractivity contribution in [3.05, 3.63) is 58.6 Å². The standard InChI is InChI=1S/C23H29BrN2O4/c1-16(2)13-25-23(28)17(3)26(14-18-5-9-20(29-4)10-6-18)22(27)15-30-21-11-7-19(24)8-12-21/h5-12,16-17H,13-15H2,1-4H3,(H,25,28). The highest BCUT2D eigenvalue weighted by atomic mass is 79.9. The summed E-state index contributed by atoms with van der Waals surface area (Å²) in [5.41, 5.74) is 0.899. The number of benzene rings is 2. The van der Waals surface area contributed by atoms with Crippen molar-refractivity contribution in [3.63, 3.8) is 0 Å². The first-order valence-corrected chi connectivity index (χ1v) is 10.7. The van der Waals surface area contributed by atoms with Gasteiger partial charge in [0.15, 0.2) is 6.61 Å². The van der Waals surface area contributed by atoms with Gasteiger partial charge in [0.25, 0.3) is 5.91 Å². The maximum Gasteiger partial charge on any atom is 0.261 e. The van der Waals surface area contributed by atoms with Crippen molar-refractivity contribution in [2.24, 2.45) is 5.92 Å². The van der Waals surface area contributed by atoms with E-state index in [0.717, 1.165) is 15.8 Å². The molecule has 0 bridgehead atoms. The number of nitrogens with one attached hydrogen (secondary N) is 1. The molecule has 0 fully saturated rings. The first kappa shape index (κ1) is 23.7. The second-order valence-corrected chi connectivity index (χ2v) is 8.34. The van der Waals surface area contributed by atoms with Crippen LogP contribution >= 0.6 is 15.9 Å². The molecule has 0 saturated heterocycles. The van der Waals surface area contributed by atoms with Crippen LogP contribution in [-0.4, -0.2) is 43.0 Å². The number of hydrogen-bond acceptors (Lipinski definition) is 4. The Morgan fingerprint density at radius 2 is 1.60 bits per heavy atom. The van der Waals surface area contributed by atoms with Gasteiger partial charge in [0, 0.05) is 17.6 Å². The van der Waals surface area contributed by atoms with Gasteiger partial charge in [-0.2, -0.15) is 0 Å². The number of rotatable bonds is 10. The molecule has 0 spiro atoms. The summed E-state index contributed by atoms with van der Waals surface area (Å²) >= 11 is 3.37. The third-order valence-electron chi connectivity index (χ3n) is 4.54. The molecule has 2 amide bonds. The third kappa shape index (κ3) is 7.37. The summed E-state index contributed by atoms with van der Waals surface area (Å²) in [7, 11) is 1.60. The van der Waals surface area contributed by atoms with Crippen LogP contribution in [0.15, 0.2) is 53.0 Å². The van der Waals surface area contributed by atoms with Crippen molar-refractivity contribution in [2.45, 2.75) is 33.4 Å². The van der Waals surface area contributed by atoms with Crippen LogP contribution in [0.2, 0.25) is 0 Å². The maximum atomic E-state index is 13.0. The lowest BCUT2D eigenvalue weighted by molar-refractivity contribution is -0.142. The van der Waals surface area contributed by atoms with E-state index in [4.69, 9.17) is 9.47 Å². The molecule has 0 aliphatic heterocycles. The molecule has 0 radical (unpaired) electrons. The molecule has 0 heterocycles. The number of halogens is 1. The van der Waals surface area contributed by atoms with E-state index in [-0.39, 0.29) is 18.4 Å². The normalized spacial score (nSPS) is 11.7. The molecule has 7 heteroatoms. The molecular formula is C23H29BrN2O4. The summed E-state index contributed by atoms with van der Waals surface area (Å²) in [6.45, 7) is 6.48. The lowest BCUT2D eigenvalue weighted by Gasteiger charge is -2.29. The van der Waals surface area contributed by atoms with Gasteiger partial charge in [-0.05, 0) is 54.8 Å². The van der Waals surface area contributed by atoms with Gasteiger partial charge in [0.1, 0.15) is 17.5 Å². The molecule has 1 atom stereocenters. The van der Waals surface area contributed by atoms with Crippen molar-refractivity contribution in [3.8, 4) is 11.5 Å². The summed E-state index contributed by atoms with van der Waals surface area (Å²) in [5.74, 6) is 1.20. The zero-order chi connectivity index (χ0) is 22.1. The molecule has 0 aliphatic rings. The molecule has 162 valence electrons. The smallest absolute Gasteiger partial charge is 0.261 e. The molecule has 6 nitrogen and oxygen atoms in total. The van der Waals surface area contributed by atoms with Crippen molar-refractivity contribution < 1.29 is 19.1 Å². The van der Waals surface area contributed by atoms with E-state index in [1.165, 1.54) is 4.90 Å². The van der Waals surface area contributed by atoms with Crippen LogP contribution in [0, 0.1) is 5.92 Å². The van der Waals surface area contributed by atoms with Crippen molar-refractivity contribution in [1.82, 2.24) is 10.2 Å². The Balaban J connectivity index is 2.12. The molecule has 30 heavy (non-hydrogen) atoms. The predicted molar refractivity (Wildman–Crippen MR) is 120 cm³/mol. The van der Waals surface area contributed by atoms with Crippen LogP contribution in [-0.2, 0) is 16.1 Å². The number of hydrogen-bond donors (Lipinski definition) is 1. The molecule has 2 aromatic rings. The number of methoxy groups -OCH3 is 1. The van der Waals surface area contributed by atoms with E-state index in [1.54, 1.807) is 26.2 Å². The van der Waals surface area contributed by atoms with E-state index in [1.807, 2.05) is 50.2 Å². The van der Waals surface area contributed by atoms with Crippen molar-refractivity contribution in [1.29, 1.82) is 0 Å². The monoisotopic (exact) mass is 476 g/mol. The Bertz CT molecular complexity index is 822. The lowest BCUT2D eigenvalue weighted by Crippen LogP contribution is -2.49. The molecule has 1 unspecified atom stereocenters. The Kier molecular flexibility index (Phi) is 9.17. The molecule has 0 aromatic heterocycles. The topological polar surface area (TPSA) is 67.9 Å². The molecule has 1 N–H and O–H groups in total. The van der Waals surface area contributed by atoms with Crippen molar-refractivity contribution >= 4 is 27.7 Å². The summed E-state index contributed by atoms with van der Waals surface area (Å²) in [5, 5.41) is 2.90. The minimum absolute atomic E-state index is 0.153. The molecule has 0 saturated carbocycles.